The lowest BCUT2D eigenvalue weighted by molar-refractivity contribution is -0.143. The quantitative estimate of drug-likeness (QED) is 0.840. The van der Waals surface area contributed by atoms with E-state index in [1.165, 1.54) is 12.4 Å². The molecule has 0 aliphatic rings. The Bertz CT molecular complexity index is 568. The molecule has 0 unspecified atom stereocenters. The number of nitrogens with one attached hydrogen (secondary N) is 2. The van der Waals surface area contributed by atoms with Crippen LogP contribution in [0.3, 0.4) is 0 Å². The number of halogens is 6. The SMILES string of the molecule is FC(F)(F)c1cc(NCc2ncc[nH]2)cc(C(F)(F)F)c1. The van der Waals surface area contributed by atoms with Crippen molar-refractivity contribution in [3.63, 3.8) is 0 Å². The Morgan fingerprint density at radius 3 is 1.95 bits per heavy atom. The van der Waals surface area contributed by atoms with Gasteiger partial charge in [-0.3, -0.25) is 0 Å². The fourth-order valence-electron chi connectivity index (χ4n) is 1.64. The predicted octanol–water partition coefficient (Wildman–Crippen LogP) is 4.06. The van der Waals surface area contributed by atoms with Gasteiger partial charge in [0.15, 0.2) is 0 Å². The number of H-pyrrole nitrogens is 1. The van der Waals surface area contributed by atoms with Gasteiger partial charge in [-0.15, -0.1) is 0 Å². The normalized spacial score (nSPS) is 12.5. The molecule has 0 amide bonds. The molecule has 0 atom stereocenters. The van der Waals surface area contributed by atoms with E-state index in [4.69, 9.17) is 0 Å². The number of imidazole rings is 1. The Kier molecular flexibility index (Phi) is 3.84. The molecule has 0 saturated carbocycles. The second kappa shape index (κ2) is 5.30. The average Bonchev–Trinajstić information content (AvgIpc) is 2.87. The Hall–Kier alpha value is -2.19. The van der Waals surface area contributed by atoms with Gasteiger partial charge in [0.2, 0.25) is 0 Å². The Labute approximate surface area is 115 Å². The molecule has 0 fully saturated rings. The number of nitrogens with zero attached hydrogens (tertiary/aromatic N) is 1. The first kappa shape index (κ1) is 15.2. The van der Waals surface area contributed by atoms with E-state index in [2.05, 4.69) is 15.3 Å². The summed E-state index contributed by atoms with van der Waals surface area (Å²) in [7, 11) is 0. The Morgan fingerprint density at radius 2 is 1.52 bits per heavy atom. The molecule has 0 aliphatic heterocycles. The molecule has 114 valence electrons. The highest BCUT2D eigenvalue weighted by Crippen LogP contribution is 2.37. The van der Waals surface area contributed by atoms with Gasteiger partial charge in [0.1, 0.15) is 5.82 Å². The summed E-state index contributed by atoms with van der Waals surface area (Å²) in [5, 5.41) is 2.48. The van der Waals surface area contributed by atoms with Crippen LogP contribution in [-0.2, 0) is 18.9 Å². The monoisotopic (exact) mass is 309 g/mol. The molecule has 1 aromatic carbocycles. The van der Waals surface area contributed by atoms with E-state index < -0.39 is 23.5 Å². The molecule has 0 radical (unpaired) electrons. The molecular formula is C12H9F6N3. The average molecular weight is 309 g/mol. The zero-order valence-corrected chi connectivity index (χ0v) is 10.3. The molecule has 0 aliphatic carbocycles. The minimum absolute atomic E-state index is 0.0222. The lowest BCUT2D eigenvalue weighted by atomic mass is 10.1. The molecular weight excluding hydrogens is 300 g/mol. The zero-order chi connectivity index (χ0) is 15.7. The fraction of sp³-hybridized carbons (Fsp3) is 0.250. The maximum atomic E-state index is 12.6. The van der Waals surface area contributed by atoms with Crippen molar-refractivity contribution in [3.8, 4) is 0 Å². The largest absolute Gasteiger partial charge is 0.416 e. The van der Waals surface area contributed by atoms with Crippen LogP contribution in [0, 0.1) is 0 Å². The van der Waals surface area contributed by atoms with Gasteiger partial charge in [0, 0.05) is 18.1 Å². The van der Waals surface area contributed by atoms with E-state index >= 15 is 0 Å². The first-order valence-electron chi connectivity index (χ1n) is 5.68. The van der Waals surface area contributed by atoms with Gasteiger partial charge in [-0.25, -0.2) is 4.98 Å². The van der Waals surface area contributed by atoms with Crippen LogP contribution in [-0.4, -0.2) is 9.97 Å². The minimum atomic E-state index is -4.86. The maximum absolute atomic E-state index is 12.6. The molecule has 1 heterocycles. The summed E-state index contributed by atoms with van der Waals surface area (Å²) >= 11 is 0. The summed E-state index contributed by atoms with van der Waals surface area (Å²) in [6, 6.07) is 1.33. The number of anilines is 1. The molecule has 9 heteroatoms. The van der Waals surface area contributed by atoms with Gasteiger partial charge in [-0.2, -0.15) is 26.3 Å². The van der Waals surface area contributed by atoms with Crippen molar-refractivity contribution >= 4 is 5.69 Å². The topological polar surface area (TPSA) is 40.7 Å². The summed E-state index contributed by atoms with van der Waals surface area (Å²) in [5.74, 6) is 0.390. The van der Waals surface area contributed by atoms with Crippen LogP contribution in [0.4, 0.5) is 32.0 Å². The Morgan fingerprint density at radius 1 is 0.952 bits per heavy atom. The smallest absolute Gasteiger partial charge is 0.378 e. The molecule has 0 bridgehead atoms. The first-order valence-corrected chi connectivity index (χ1v) is 5.68. The maximum Gasteiger partial charge on any atom is 0.416 e. The number of hydrogen-bond donors (Lipinski definition) is 2. The van der Waals surface area contributed by atoms with Crippen LogP contribution in [0.2, 0.25) is 0 Å². The van der Waals surface area contributed by atoms with Crippen LogP contribution in [0.25, 0.3) is 0 Å². The molecule has 21 heavy (non-hydrogen) atoms. The van der Waals surface area contributed by atoms with E-state index in [0.717, 1.165) is 0 Å². The van der Waals surface area contributed by atoms with Gasteiger partial charge in [0.25, 0.3) is 0 Å². The van der Waals surface area contributed by atoms with Gasteiger partial charge in [-0.1, -0.05) is 0 Å². The molecule has 0 saturated heterocycles. The van der Waals surface area contributed by atoms with E-state index in [9.17, 15) is 26.3 Å². The lowest BCUT2D eigenvalue weighted by Crippen LogP contribution is -2.12. The third-order valence-electron chi connectivity index (χ3n) is 2.60. The van der Waals surface area contributed by atoms with Crippen LogP contribution >= 0.6 is 0 Å². The summed E-state index contributed by atoms with van der Waals surface area (Å²) in [6.45, 7) is -0.0222. The van der Waals surface area contributed by atoms with Gasteiger partial charge < -0.3 is 10.3 Å². The van der Waals surface area contributed by atoms with Crippen LogP contribution in [0.1, 0.15) is 17.0 Å². The van der Waals surface area contributed by atoms with Crippen molar-refractivity contribution in [2.24, 2.45) is 0 Å². The van der Waals surface area contributed by atoms with Crippen molar-refractivity contribution in [1.82, 2.24) is 9.97 Å². The van der Waals surface area contributed by atoms with Gasteiger partial charge in [0.05, 0.1) is 17.7 Å². The standard InChI is InChI=1S/C12H9F6N3/c13-11(14,15)7-3-8(12(16,17)18)5-9(4-7)21-6-10-19-1-2-20-10/h1-5,21H,6H2,(H,19,20). The second-order valence-corrected chi connectivity index (χ2v) is 4.18. The fourth-order valence-corrected chi connectivity index (χ4v) is 1.64. The molecule has 1 aromatic heterocycles. The third kappa shape index (κ3) is 3.89. The number of aromatic nitrogens is 2. The first-order chi connectivity index (χ1) is 9.66. The highest BCUT2D eigenvalue weighted by atomic mass is 19.4. The van der Waals surface area contributed by atoms with Crippen LogP contribution in [0.5, 0.6) is 0 Å². The summed E-state index contributed by atoms with van der Waals surface area (Å²) in [5.41, 5.74) is -3.01. The van der Waals surface area contributed by atoms with Crippen molar-refractivity contribution in [1.29, 1.82) is 0 Å². The van der Waals surface area contributed by atoms with Crippen molar-refractivity contribution in [2.75, 3.05) is 5.32 Å². The third-order valence-corrected chi connectivity index (χ3v) is 2.60. The highest BCUT2D eigenvalue weighted by molar-refractivity contribution is 5.50. The Balaban J connectivity index is 2.31. The highest BCUT2D eigenvalue weighted by Gasteiger charge is 2.36. The van der Waals surface area contributed by atoms with Crippen molar-refractivity contribution < 1.29 is 26.3 Å². The molecule has 3 nitrogen and oxygen atoms in total. The lowest BCUT2D eigenvalue weighted by Gasteiger charge is -2.14. The van der Waals surface area contributed by atoms with Crippen molar-refractivity contribution in [2.45, 2.75) is 18.9 Å². The molecule has 2 rings (SSSR count). The van der Waals surface area contributed by atoms with Crippen LogP contribution in [0.15, 0.2) is 30.6 Å². The van der Waals surface area contributed by atoms with E-state index in [-0.39, 0.29) is 18.3 Å². The number of benzene rings is 1. The van der Waals surface area contributed by atoms with E-state index in [0.29, 0.717) is 18.0 Å². The summed E-state index contributed by atoms with van der Waals surface area (Å²) < 4.78 is 75.8. The number of rotatable bonds is 3. The predicted molar refractivity (Wildman–Crippen MR) is 62.4 cm³/mol. The zero-order valence-electron chi connectivity index (χ0n) is 10.3. The van der Waals surface area contributed by atoms with E-state index in [1.807, 2.05) is 0 Å². The van der Waals surface area contributed by atoms with Crippen molar-refractivity contribution in [3.05, 3.63) is 47.5 Å². The minimum Gasteiger partial charge on any atom is -0.378 e. The number of hydrogen-bond acceptors (Lipinski definition) is 2. The van der Waals surface area contributed by atoms with E-state index in [1.54, 1.807) is 0 Å². The summed E-state index contributed by atoms with van der Waals surface area (Å²) in [6.07, 6.45) is -6.81. The molecule has 2 N–H and O–H groups in total. The summed E-state index contributed by atoms with van der Waals surface area (Å²) in [4.78, 5) is 6.49. The van der Waals surface area contributed by atoms with Crippen LogP contribution < -0.4 is 5.32 Å². The number of aromatic amines is 1. The molecule has 2 aromatic rings. The van der Waals surface area contributed by atoms with Gasteiger partial charge >= 0.3 is 12.4 Å². The molecule has 0 spiro atoms. The second-order valence-electron chi connectivity index (χ2n) is 4.18. The van der Waals surface area contributed by atoms with Gasteiger partial charge in [-0.05, 0) is 18.2 Å². The number of alkyl halides is 6.